The summed E-state index contributed by atoms with van der Waals surface area (Å²) in [6.45, 7) is 0. The average Bonchev–Trinajstić information content (AvgIpc) is 3.92. The van der Waals surface area contributed by atoms with Crippen LogP contribution in [-0.2, 0) is 0 Å². The first-order chi connectivity index (χ1) is 27.8. The molecule has 56 heavy (non-hydrogen) atoms. The molecule has 0 aliphatic heterocycles. The van der Waals surface area contributed by atoms with Crippen LogP contribution in [0.4, 0.5) is 0 Å². The molecule has 0 N–H and O–H groups in total. The molecule has 1 fully saturated rings. The number of hydrogen-bond donors (Lipinski definition) is 0. The van der Waals surface area contributed by atoms with Gasteiger partial charge in [-0.05, 0) is 54.2 Å². The molecule has 0 spiro atoms. The van der Waals surface area contributed by atoms with Gasteiger partial charge in [-0.3, -0.25) is 4.57 Å². The minimum atomic E-state index is 0.572. The van der Waals surface area contributed by atoms with Gasteiger partial charge in [-0.2, -0.15) is 9.97 Å². The van der Waals surface area contributed by atoms with Gasteiger partial charge in [0, 0.05) is 49.0 Å². The van der Waals surface area contributed by atoms with Gasteiger partial charge in [0.1, 0.15) is 0 Å². The number of hydrogen-bond acceptors (Lipinski definition) is 3. The molecule has 0 amide bonds. The fourth-order valence-electron chi connectivity index (χ4n) is 9.82. The van der Waals surface area contributed by atoms with E-state index in [1.807, 2.05) is 0 Å². The lowest BCUT2D eigenvalue weighted by Crippen LogP contribution is -2.08. The lowest BCUT2D eigenvalue weighted by molar-refractivity contribution is 0.443. The van der Waals surface area contributed by atoms with Gasteiger partial charge in [0.25, 0.3) is 0 Å². The van der Waals surface area contributed by atoms with Crippen molar-refractivity contribution in [1.82, 2.24) is 23.9 Å². The van der Waals surface area contributed by atoms with E-state index in [-0.39, 0.29) is 0 Å². The minimum Gasteiger partial charge on any atom is -0.307 e. The monoisotopic (exact) mass is 719 g/mol. The Labute approximate surface area is 323 Å². The molecular weight excluding hydrogens is 683 g/mol. The van der Waals surface area contributed by atoms with Crippen LogP contribution in [0.1, 0.15) is 43.6 Å². The van der Waals surface area contributed by atoms with E-state index in [2.05, 4.69) is 167 Å². The number of nitrogens with zero attached hydrogens (tertiary/aromatic N) is 5. The molecule has 1 saturated carbocycles. The smallest absolute Gasteiger partial charge is 0.238 e. The van der Waals surface area contributed by atoms with E-state index < -0.39 is 0 Å². The number of rotatable bonds is 5. The highest BCUT2D eigenvalue weighted by Gasteiger charge is 2.24. The van der Waals surface area contributed by atoms with Gasteiger partial charge in [0.15, 0.2) is 11.6 Å². The van der Waals surface area contributed by atoms with Crippen molar-refractivity contribution in [3.05, 3.63) is 163 Å². The summed E-state index contributed by atoms with van der Waals surface area (Å²) in [6.07, 6.45) is 6.38. The van der Waals surface area contributed by atoms with Crippen molar-refractivity contribution in [2.45, 2.75) is 38.0 Å². The van der Waals surface area contributed by atoms with Crippen molar-refractivity contribution in [1.29, 1.82) is 0 Å². The van der Waals surface area contributed by atoms with E-state index >= 15 is 0 Å². The second-order valence-corrected chi connectivity index (χ2v) is 15.4. The molecule has 5 nitrogen and oxygen atoms in total. The first-order valence-corrected chi connectivity index (χ1v) is 19.9. The second-order valence-electron chi connectivity index (χ2n) is 15.4. The molecule has 12 rings (SSSR count). The third kappa shape index (κ3) is 4.64. The second kappa shape index (κ2) is 12.3. The van der Waals surface area contributed by atoms with Crippen molar-refractivity contribution in [3.8, 4) is 39.9 Å². The highest BCUT2D eigenvalue weighted by molar-refractivity contribution is 6.25. The number of aromatic nitrogens is 5. The van der Waals surface area contributed by atoms with Crippen molar-refractivity contribution < 1.29 is 0 Å². The minimum absolute atomic E-state index is 0.572. The van der Waals surface area contributed by atoms with E-state index in [1.54, 1.807) is 0 Å². The standard InChI is InChI=1S/C51H37N5/c1-2-15-32(16-3-1)33-17-12-18-34(31-33)49-52-50(54-51(53-49)55-44-28-9-6-20-36(44)37-21-7-10-29-45(37)55)43-23-5-4-19-35(43)39-24-13-26-41-42-27-14-25-40-38-22-8-11-30-46(38)56(47(39)41)48(40)42/h4-14,17-32H,1-3,15-16H2. The Balaban J connectivity index is 1.13. The summed E-state index contributed by atoms with van der Waals surface area (Å²) in [6, 6.07) is 56.9. The fourth-order valence-corrected chi connectivity index (χ4v) is 9.82. The van der Waals surface area contributed by atoms with Gasteiger partial charge in [-0.25, -0.2) is 4.98 Å². The summed E-state index contributed by atoms with van der Waals surface area (Å²) < 4.78 is 4.69. The molecule has 266 valence electrons. The van der Waals surface area contributed by atoms with Gasteiger partial charge in [0.2, 0.25) is 5.95 Å². The SMILES string of the molecule is c1cc(-c2nc(-c3ccccc3-c3cccc4c5cccc6c7ccccc7n(c34)c65)nc(-n3c4ccccc4c4ccccc43)n2)cc(C2CCCCC2)c1. The van der Waals surface area contributed by atoms with E-state index in [0.29, 0.717) is 23.5 Å². The van der Waals surface area contributed by atoms with Crippen molar-refractivity contribution in [2.75, 3.05) is 0 Å². The van der Waals surface area contributed by atoms with Crippen LogP contribution in [0.2, 0.25) is 0 Å². The molecule has 4 heterocycles. The van der Waals surface area contributed by atoms with Crippen LogP contribution in [0.25, 0.3) is 99.8 Å². The van der Waals surface area contributed by atoms with Gasteiger partial charge < -0.3 is 4.40 Å². The predicted molar refractivity (Wildman–Crippen MR) is 231 cm³/mol. The van der Waals surface area contributed by atoms with Crippen LogP contribution in [0.3, 0.4) is 0 Å². The van der Waals surface area contributed by atoms with Crippen LogP contribution < -0.4 is 0 Å². The molecule has 1 aliphatic rings. The maximum atomic E-state index is 5.42. The summed E-state index contributed by atoms with van der Waals surface area (Å²) in [7, 11) is 0. The van der Waals surface area contributed by atoms with Gasteiger partial charge in [-0.1, -0.05) is 153 Å². The maximum Gasteiger partial charge on any atom is 0.238 e. The number of para-hydroxylation sites is 5. The maximum absolute atomic E-state index is 5.42. The molecule has 0 radical (unpaired) electrons. The highest BCUT2D eigenvalue weighted by atomic mass is 15.2. The summed E-state index contributed by atoms with van der Waals surface area (Å²) >= 11 is 0. The summed E-state index contributed by atoms with van der Waals surface area (Å²) in [4.78, 5) is 16.1. The Morgan fingerprint density at radius 2 is 0.946 bits per heavy atom. The van der Waals surface area contributed by atoms with Crippen LogP contribution >= 0.6 is 0 Å². The lowest BCUT2D eigenvalue weighted by Gasteiger charge is -2.22. The number of fused-ring (bicyclic) bond motifs is 9. The fraction of sp³-hybridized carbons (Fsp3) is 0.118. The topological polar surface area (TPSA) is 48.0 Å². The Bertz CT molecular complexity index is 3250. The largest absolute Gasteiger partial charge is 0.307 e. The first-order valence-electron chi connectivity index (χ1n) is 19.9. The number of benzene rings is 7. The zero-order valence-corrected chi connectivity index (χ0v) is 30.9. The Morgan fingerprint density at radius 3 is 1.70 bits per heavy atom. The van der Waals surface area contributed by atoms with Crippen LogP contribution in [-0.4, -0.2) is 23.9 Å². The molecular formula is C51H37N5. The summed E-state index contributed by atoms with van der Waals surface area (Å²) in [5.74, 6) is 2.52. The summed E-state index contributed by atoms with van der Waals surface area (Å²) in [5.41, 5.74) is 11.4. The van der Waals surface area contributed by atoms with Gasteiger partial charge >= 0.3 is 0 Å². The lowest BCUT2D eigenvalue weighted by atomic mass is 9.83. The molecule has 0 unspecified atom stereocenters. The molecule has 1 aliphatic carbocycles. The predicted octanol–water partition coefficient (Wildman–Crippen LogP) is 13.2. The molecule has 0 bridgehead atoms. The molecule has 4 aromatic heterocycles. The van der Waals surface area contributed by atoms with E-state index in [9.17, 15) is 0 Å². The van der Waals surface area contributed by atoms with Crippen LogP contribution in [0, 0.1) is 0 Å². The van der Waals surface area contributed by atoms with Crippen molar-refractivity contribution in [2.24, 2.45) is 0 Å². The Hall–Kier alpha value is -6.85. The summed E-state index contributed by atoms with van der Waals surface area (Å²) in [5, 5.41) is 7.41. The Morgan fingerprint density at radius 1 is 0.411 bits per heavy atom. The quantitative estimate of drug-likeness (QED) is 0.178. The molecule has 5 heteroatoms. The van der Waals surface area contributed by atoms with E-state index in [1.165, 1.54) is 86.5 Å². The van der Waals surface area contributed by atoms with Gasteiger partial charge in [-0.15, -0.1) is 0 Å². The first kappa shape index (κ1) is 31.5. The van der Waals surface area contributed by atoms with Crippen molar-refractivity contribution >= 4 is 59.9 Å². The van der Waals surface area contributed by atoms with E-state index in [0.717, 1.165) is 33.3 Å². The van der Waals surface area contributed by atoms with E-state index in [4.69, 9.17) is 15.0 Å². The van der Waals surface area contributed by atoms with Gasteiger partial charge in [0.05, 0.1) is 27.6 Å². The molecule has 0 atom stereocenters. The third-order valence-electron chi connectivity index (χ3n) is 12.3. The normalized spacial score (nSPS) is 14.0. The zero-order chi connectivity index (χ0) is 36.7. The third-order valence-corrected chi connectivity index (χ3v) is 12.3. The molecule has 0 saturated heterocycles. The van der Waals surface area contributed by atoms with Crippen LogP contribution in [0.15, 0.2) is 158 Å². The van der Waals surface area contributed by atoms with Crippen LogP contribution in [0.5, 0.6) is 0 Å². The molecule has 7 aromatic carbocycles. The molecule has 11 aromatic rings. The Kier molecular flexibility index (Phi) is 6.94. The highest BCUT2D eigenvalue weighted by Crippen LogP contribution is 2.44. The zero-order valence-electron chi connectivity index (χ0n) is 30.9. The van der Waals surface area contributed by atoms with Crippen molar-refractivity contribution in [3.63, 3.8) is 0 Å². The average molecular weight is 720 g/mol.